The highest BCUT2D eigenvalue weighted by molar-refractivity contribution is 7.80. The van der Waals surface area contributed by atoms with Crippen molar-refractivity contribution in [1.82, 2.24) is 5.32 Å². The minimum Gasteiger partial charge on any atom is -0.462 e. The molecule has 3 rings (SSSR count). The fourth-order valence-corrected chi connectivity index (χ4v) is 4.66. The van der Waals surface area contributed by atoms with E-state index in [2.05, 4.69) is 41.8 Å². The zero-order valence-electron chi connectivity index (χ0n) is 18.2. The number of carbonyl (C=O) groups excluding carboxylic acids is 1. The van der Waals surface area contributed by atoms with Gasteiger partial charge in [-0.3, -0.25) is 0 Å². The Kier molecular flexibility index (Phi) is 7.48. The van der Waals surface area contributed by atoms with E-state index in [-0.39, 0.29) is 11.5 Å². The number of anilines is 1. The number of ether oxygens (including phenoxy) is 1. The molecule has 1 aliphatic carbocycles. The maximum atomic E-state index is 12.2. The van der Waals surface area contributed by atoms with Gasteiger partial charge in [0.1, 0.15) is 0 Å². The molecule has 0 amide bonds. The Balaban J connectivity index is 1.67. The van der Waals surface area contributed by atoms with E-state index in [0.29, 0.717) is 17.3 Å². The molecule has 0 heterocycles. The van der Waals surface area contributed by atoms with Gasteiger partial charge in [0.2, 0.25) is 0 Å². The second-order valence-electron chi connectivity index (χ2n) is 8.25. The SMILES string of the molecule is CCOC(=O)c1cccc(NC(=S)NC2(CCc3cccc(C)c3)CCCC2)c1C. The Morgan fingerprint density at radius 1 is 1.13 bits per heavy atom. The van der Waals surface area contributed by atoms with Crippen LogP contribution >= 0.6 is 12.2 Å². The summed E-state index contributed by atoms with van der Waals surface area (Å²) in [5.41, 5.74) is 4.96. The predicted molar refractivity (Wildman–Crippen MR) is 127 cm³/mol. The van der Waals surface area contributed by atoms with Crippen molar-refractivity contribution in [2.75, 3.05) is 11.9 Å². The average molecular weight is 425 g/mol. The monoisotopic (exact) mass is 424 g/mol. The van der Waals surface area contributed by atoms with Crippen LogP contribution in [0.25, 0.3) is 0 Å². The zero-order valence-corrected chi connectivity index (χ0v) is 19.0. The van der Waals surface area contributed by atoms with Crippen molar-refractivity contribution >= 4 is 29.0 Å². The van der Waals surface area contributed by atoms with Gasteiger partial charge in [0.25, 0.3) is 0 Å². The van der Waals surface area contributed by atoms with E-state index in [1.165, 1.54) is 24.0 Å². The minimum absolute atomic E-state index is 0.0283. The number of carbonyl (C=O) groups is 1. The number of aryl methyl sites for hydroxylation is 2. The third-order valence-electron chi connectivity index (χ3n) is 5.99. The number of hydrogen-bond donors (Lipinski definition) is 2. The Labute approximate surface area is 185 Å². The van der Waals surface area contributed by atoms with Gasteiger partial charge < -0.3 is 15.4 Å². The van der Waals surface area contributed by atoms with Crippen LogP contribution in [0.1, 0.15) is 66.1 Å². The highest BCUT2D eigenvalue weighted by atomic mass is 32.1. The summed E-state index contributed by atoms with van der Waals surface area (Å²) in [5, 5.41) is 7.57. The molecular weight excluding hydrogens is 392 g/mol. The lowest BCUT2D eigenvalue weighted by molar-refractivity contribution is 0.0525. The maximum absolute atomic E-state index is 12.2. The average Bonchev–Trinajstić information content (AvgIpc) is 3.17. The third kappa shape index (κ3) is 5.60. The van der Waals surface area contributed by atoms with Crippen molar-refractivity contribution in [3.05, 3.63) is 64.7 Å². The fraction of sp³-hybridized carbons (Fsp3) is 0.440. The molecule has 0 atom stereocenters. The topological polar surface area (TPSA) is 50.4 Å². The Morgan fingerprint density at radius 3 is 2.57 bits per heavy atom. The first-order chi connectivity index (χ1) is 14.4. The van der Waals surface area contributed by atoms with Crippen molar-refractivity contribution in [2.45, 2.75) is 64.8 Å². The van der Waals surface area contributed by atoms with E-state index >= 15 is 0 Å². The predicted octanol–water partition coefficient (Wildman–Crippen LogP) is 5.71. The highest BCUT2D eigenvalue weighted by Crippen LogP contribution is 2.34. The first kappa shape index (κ1) is 22.3. The van der Waals surface area contributed by atoms with E-state index in [9.17, 15) is 4.79 Å². The number of thiocarbonyl (C=S) groups is 1. The number of esters is 1. The van der Waals surface area contributed by atoms with Gasteiger partial charge in [-0.15, -0.1) is 0 Å². The Hall–Kier alpha value is -2.40. The van der Waals surface area contributed by atoms with Gasteiger partial charge in [-0.05, 0) is 81.9 Å². The normalized spacial score (nSPS) is 14.9. The lowest BCUT2D eigenvalue weighted by Crippen LogP contribution is -2.48. The second kappa shape index (κ2) is 10.1. The Morgan fingerprint density at radius 2 is 1.87 bits per heavy atom. The van der Waals surface area contributed by atoms with Gasteiger partial charge in [-0.1, -0.05) is 48.7 Å². The molecule has 2 aromatic rings. The molecule has 0 aromatic heterocycles. The molecule has 1 fully saturated rings. The molecule has 0 aliphatic heterocycles. The van der Waals surface area contributed by atoms with Gasteiger partial charge in [-0.2, -0.15) is 0 Å². The molecule has 1 aliphatic rings. The van der Waals surface area contributed by atoms with E-state index in [1.807, 2.05) is 26.0 Å². The van der Waals surface area contributed by atoms with E-state index < -0.39 is 0 Å². The van der Waals surface area contributed by atoms with Crippen LogP contribution in [0.15, 0.2) is 42.5 Å². The summed E-state index contributed by atoms with van der Waals surface area (Å²) in [4.78, 5) is 12.2. The van der Waals surface area contributed by atoms with Crippen molar-refractivity contribution in [3.8, 4) is 0 Å². The van der Waals surface area contributed by atoms with Crippen LogP contribution in [0.5, 0.6) is 0 Å². The molecule has 1 saturated carbocycles. The fourth-order valence-electron chi connectivity index (χ4n) is 4.34. The van der Waals surface area contributed by atoms with Crippen LogP contribution in [-0.4, -0.2) is 23.2 Å². The van der Waals surface area contributed by atoms with Crippen molar-refractivity contribution in [2.24, 2.45) is 0 Å². The summed E-state index contributed by atoms with van der Waals surface area (Å²) in [5.74, 6) is -0.303. The minimum atomic E-state index is -0.303. The molecule has 160 valence electrons. The maximum Gasteiger partial charge on any atom is 0.338 e. The smallest absolute Gasteiger partial charge is 0.338 e. The highest BCUT2D eigenvalue weighted by Gasteiger charge is 2.34. The van der Waals surface area contributed by atoms with E-state index in [0.717, 1.165) is 36.9 Å². The summed E-state index contributed by atoms with van der Waals surface area (Å²) < 4.78 is 5.16. The lowest BCUT2D eigenvalue weighted by atomic mass is 9.89. The summed E-state index contributed by atoms with van der Waals surface area (Å²) in [7, 11) is 0. The third-order valence-corrected chi connectivity index (χ3v) is 6.20. The van der Waals surface area contributed by atoms with Gasteiger partial charge in [0, 0.05) is 11.2 Å². The molecular formula is C25H32N2O2S. The summed E-state index contributed by atoms with van der Waals surface area (Å²) in [6.07, 6.45) is 6.79. The Bertz CT molecular complexity index is 904. The van der Waals surface area contributed by atoms with Crippen LogP contribution in [-0.2, 0) is 11.2 Å². The molecule has 4 nitrogen and oxygen atoms in total. The molecule has 0 saturated heterocycles. The van der Waals surface area contributed by atoms with E-state index in [1.54, 1.807) is 6.07 Å². The molecule has 0 bridgehead atoms. The first-order valence-electron chi connectivity index (χ1n) is 10.8. The summed E-state index contributed by atoms with van der Waals surface area (Å²) in [6, 6.07) is 14.3. The van der Waals surface area contributed by atoms with Gasteiger partial charge in [-0.25, -0.2) is 4.79 Å². The number of nitrogens with one attached hydrogen (secondary N) is 2. The van der Waals surface area contributed by atoms with Gasteiger partial charge in [0.05, 0.1) is 12.2 Å². The van der Waals surface area contributed by atoms with Crippen molar-refractivity contribution in [1.29, 1.82) is 0 Å². The summed E-state index contributed by atoms with van der Waals surface area (Å²) in [6.45, 7) is 6.23. The summed E-state index contributed by atoms with van der Waals surface area (Å²) >= 11 is 5.68. The molecule has 30 heavy (non-hydrogen) atoms. The van der Waals surface area contributed by atoms with Crippen LogP contribution in [0, 0.1) is 13.8 Å². The van der Waals surface area contributed by atoms with Gasteiger partial charge in [0.15, 0.2) is 5.11 Å². The molecule has 2 N–H and O–H groups in total. The lowest BCUT2D eigenvalue weighted by Gasteiger charge is -2.32. The quantitative estimate of drug-likeness (QED) is 0.440. The zero-order chi connectivity index (χ0) is 21.6. The van der Waals surface area contributed by atoms with Crippen LogP contribution in [0.4, 0.5) is 5.69 Å². The number of hydrogen-bond acceptors (Lipinski definition) is 3. The van der Waals surface area contributed by atoms with Crippen molar-refractivity contribution in [3.63, 3.8) is 0 Å². The van der Waals surface area contributed by atoms with Gasteiger partial charge >= 0.3 is 5.97 Å². The molecule has 5 heteroatoms. The molecule has 2 aromatic carbocycles. The van der Waals surface area contributed by atoms with Crippen LogP contribution < -0.4 is 10.6 Å². The van der Waals surface area contributed by atoms with Crippen molar-refractivity contribution < 1.29 is 9.53 Å². The standard InChI is InChI=1S/C25H32N2O2S/c1-4-29-23(28)21-11-8-12-22(19(21)3)26-24(30)27-25(14-5-6-15-25)16-13-20-10-7-9-18(2)17-20/h7-12,17H,4-6,13-16H2,1-3H3,(H2,26,27,30). The molecule has 0 unspecified atom stereocenters. The number of rotatable bonds is 7. The van der Waals surface area contributed by atoms with E-state index in [4.69, 9.17) is 17.0 Å². The molecule has 0 spiro atoms. The molecule has 0 radical (unpaired) electrons. The second-order valence-corrected chi connectivity index (χ2v) is 8.66. The largest absolute Gasteiger partial charge is 0.462 e. The first-order valence-corrected chi connectivity index (χ1v) is 11.2. The van der Waals surface area contributed by atoms with Crippen LogP contribution in [0.3, 0.4) is 0 Å². The number of benzene rings is 2. The van der Waals surface area contributed by atoms with Crippen LogP contribution in [0.2, 0.25) is 0 Å².